The van der Waals surface area contributed by atoms with Crippen molar-refractivity contribution in [1.82, 2.24) is 4.90 Å². The highest BCUT2D eigenvalue weighted by Gasteiger charge is 2.32. The van der Waals surface area contributed by atoms with Crippen LogP contribution in [-0.4, -0.2) is 38.2 Å². The van der Waals surface area contributed by atoms with Crippen LogP contribution in [0.5, 0.6) is 0 Å². The van der Waals surface area contributed by atoms with Crippen LogP contribution in [0.2, 0.25) is 0 Å². The average molecular weight is 245 g/mol. The molecule has 1 saturated heterocycles. The minimum atomic E-state index is -1.01. The maximum absolute atomic E-state index is 10.5. The predicted octanol–water partition coefficient (Wildman–Crippen LogP) is 1.18. The van der Waals surface area contributed by atoms with Crippen LogP contribution in [0.4, 0.5) is 0 Å². The van der Waals surface area contributed by atoms with E-state index in [1.165, 1.54) is 16.7 Å². The maximum Gasteiger partial charge on any atom is 0.323 e. The first-order chi connectivity index (χ1) is 7.06. The summed E-state index contributed by atoms with van der Waals surface area (Å²) in [5.74, 6) is -1.01. The minimum Gasteiger partial charge on any atom is -0.480 e. The number of thiocarbonyl (C=S) groups is 1. The molecule has 1 aliphatic heterocycles. The molecule has 6 heteroatoms. The Balaban J connectivity index is 2.78. The van der Waals surface area contributed by atoms with Gasteiger partial charge in [-0.1, -0.05) is 36.1 Å². The van der Waals surface area contributed by atoms with Crippen LogP contribution in [0.25, 0.3) is 0 Å². The zero-order chi connectivity index (χ0) is 11.4. The van der Waals surface area contributed by atoms with E-state index in [0.29, 0.717) is 9.23 Å². The van der Waals surface area contributed by atoms with Crippen molar-refractivity contribution in [2.24, 2.45) is 0 Å². The molecule has 0 saturated carbocycles. The molecule has 1 rings (SSSR count). The summed E-state index contributed by atoms with van der Waals surface area (Å²) in [4.78, 5) is 12.4. The van der Waals surface area contributed by atoms with Crippen LogP contribution >= 0.6 is 24.0 Å². The Labute approximate surface area is 97.3 Å². The number of hydrogen-bond donors (Lipinski definition) is 2. The normalized spacial score (nSPS) is 24.4. The smallest absolute Gasteiger partial charge is 0.323 e. The molecule has 0 bridgehead atoms. The molecule has 0 aromatic heterocycles. The van der Waals surface area contributed by atoms with E-state index in [0.717, 1.165) is 0 Å². The number of aliphatic carboxylic acids is 1. The van der Waals surface area contributed by atoms with E-state index < -0.39 is 12.2 Å². The van der Waals surface area contributed by atoms with E-state index in [-0.39, 0.29) is 6.54 Å². The van der Waals surface area contributed by atoms with Gasteiger partial charge in [-0.05, 0) is 13.0 Å². The molecule has 0 aromatic rings. The summed E-state index contributed by atoms with van der Waals surface area (Å²) >= 11 is 6.18. The van der Waals surface area contributed by atoms with E-state index in [9.17, 15) is 9.90 Å². The SMILES string of the molecule is C/C=C\C=C1\SC(=S)N(CC(=O)O)C1O. The van der Waals surface area contributed by atoms with E-state index in [4.69, 9.17) is 17.3 Å². The fourth-order valence-corrected chi connectivity index (χ4v) is 2.39. The number of carboxylic acid groups (broad SMARTS) is 1. The molecule has 0 radical (unpaired) electrons. The van der Waals surface area contributed by atoms with E-state index >= 15 is 0 Å². The first-order valence-corrected chi connectivity index (χ1v) is 5.50. The molecule has 0 spiro atoms. The van der Waals surface area contributed by atoms with Gasteiger partial charge in [0.05, 0.1) is 0 Å². The second-order valence-electron chi connectivity index (χ2n) is 2.86. The highest BCUT2D eigenvalue weighted by molar-refractivity contribution is 8.25. The van der Waals surface area contributed by atoms with Crippen molar-refractivity contribution in [1.29, 1.82) is 0 Å². The molecule has 1 atom stereocenters. The topological polar surface area (TPSA) is 60.8 Å². The Morgan fingerprint density at radius 1 is 1.73 bits per heavy atom. The number of hydrogen-bond acceptors (Lipinski definition) is 4. The quantitative estimate of drug-likeness (QED) is 0.728. The third kappa shape index (κ3) is 3.05. The first kappa shape index (κ1) is 12.2. The second-order valence-corrected chi connectivity index (χ2v) is 4.57. The summed E-state index contributed by atoms with van der Waals surface area (Å²) in [5.41, 5.74) is 0. The standard InChI is InChI=1S/C9H11NO3S2/c1-2-3-4-6-8(13)10(5-7(11)12)9(14)15-6/h2-4,8,13H,5H2,1H3,(H,11,12)/b3-2-,6-4+. The number of allylic oxidation sites excluding steroid dienone is 3. The van der Waals surface area contributed by atoms with Gasteiger partial charge in [-0.25, -0.2) is 0 Å². The molecule has 1 heterocycles. The summed E-state index contributed by atoms with van der Waals surface area (Å²) in [6, 6.07) is 0. The zero-order valence-corrected chi connectivity index (χ0v) is 9.72. The lowest BCUT2D eigenvalue weighted by atomic mass is 10.4. The summed E-state index contributed by atoms with van der Waals surface area (Å²) in [5, 5.41) is 18.4. The highest BCUT2D eigenvalue weighted by atomic mass is 32.2. The lowest BCUT2D eigenvalue weighted by Gasteiger charge is -2.18. The summed E-state index contributed by atoms with van der Waals surface area (Å²) in [6.45, 7) is 1.58. The van der Waals surface area contributed by atoms with Crippen molar-refractivity contribution in [3.05, 3.63) is 23.1 Å². The van der Waals surface area contributed by atoms with Crippen molar-refractivity contribution in [3.63, 3.8) is 0 Å². The number of carbonyl (C=O) groups is 1. The molecule has 2 N–H and O–H groups in total. The third-order valence-electron chi connectivity index (χ3n) is 1.75. The van der Waals surface area contributed by atoms with Crippen LogP contribution in [0, 0.1) is 0 Å². The fourth-order valence-electron chi connectivity index (χ4n) is 1.07. The Kier molecular flexibility index (Phi) is 4.31. The molecular formula is C9H11NO3S2. The molecule has 1 fully saturated rings. The van der Waals surface area contributed by atoms with Crippen LogP contribution in [0.3, 0.4) is 0 Å². The van der Waals surface area contributed by atoms with Crippen molar-refractivity contribution in [2.45, 2.75) is 13.2 Å². The molecule has 4 nitrogen and oxygen atoms in total. The van der Waals surface area contributed by atoms with Gasteiger partial charge in [0.2, 0.25) is 0 Å². The van der Waals surface area contributed by atoms with Gasteiger partial charge in [0.1, 0.15) is 10.9 Å². The zero-order valence-electron chi connectivity index (χ0n) is 8.08. The Morgan fingerprint density at radius 2 is 2.40 bits per heavy atom. The van der Waals surface area contributed by atoms with Gasteiger partial charge in [0.15, 0.2) is 6.23 Å². The monoisotopic (exact) mass is 245 g/mol. The Hall–Kier alpha value is -0.850. The first-order valence-electron chi connectivity index (χ1n) is 4.27. The fraction of sp³-hybridized carbons (Fsp3) is 0.333. The number of carboxylic acids is 1. The number of aliphatic hydroxyl groups excluding tert-OH is 1. The largest absolute Gasteiger partial charge is 0.480 e. The predicted molar refractivity (Wildman–Crippen MR) is 63.4 cm³/mol. The number of thioether (sulfide) groups is 1. The van der Waals surface area contributed by atoms with Gasteiger partial charge in [-0.2, -0.15) is 0 Å². The molecule has 1 unspecified atom stereocenters. The van der Waals surface area contributed by atoms with Crippen molar-refractivity contribution >= 4 is 34.3 Å². The molecular weight excluding hydrogens is 234 g/mol. The van der Waals surface area contributed by atoms with Gasteiger partial charge in [-0.3, -0.25) is 4.79 Å². The Morgan fingerprint density at radius 3 is 2.93 bits per heavy atom. The van der Waals surface area contributed by atoms with Crippen molar-refractivity contribution < 1.29 is 15.0 Å². The molecule has 0 amide bonds. The molecule has 0 aromatic carbocycles. The lowest BCUT2D eigenvalue weighted by Crippen LogP contribution is -2.36. The molecule has 82 valence electrons. The van der Waals surface area contributed by atoms with Gasteiger partial charge in [-0.15, -0.1) is 0 Å². The number of nitrogens with zero attached hydrogens (tertiary/aromatic N) is 1. The summed E-state index contributed by atoms with van der Waals surface area (Å²) < 4.78 is 0.389. The summed E-state index contributed by atoms with van der Waals surface area (Å²) in [6.07, 6.45) is 4.39. The molecule has 1 aliphatic rings. The van der Waals surface area contributed by atoms with Gasteiger partial charge in [0.25, 0.3) is 0 Å². The lowest BCUT2D eigenvalue weighted by molar-refractivity contribution is -0.138. The van der Waals surface area contributed by atoms with Crippen LogP contribution < -0.4 is 0 Å². The number of aliphatic hydroxyl groups is 1. The van der Waals surface area contributed by atoms with Crippen molar-refractivity contribution in [2.75, 3.05) is 6.54 Å². The van der Waals surface area contributed by atoms with E-state index in [1.54, 1.807) is 12.2 Å². The molecule has 0 aliphatic carbocycles. The van der Waals surface area contributed by atoms with Gasteiger partial charge >= 0.3 is 5.97 Å². The highest BCUT2D eigenvalue weighted by Crippen LogP contribution is 2.33. The number of rotatable bonds is 3. The van der Waals surface area contributed by atoms with Crippen molar-refractivity contribution in [3.8, 4) is 0 Å². The average Bonchev–Trinajstić information content (AvgIpc) is 2.42. The van der Waals surface area contributed by atoms with Crippen LogP contribution in [0.15, 0.2) is 23.1 Å². The molecule has 15 heavy (non-hydrogen) atoms. The Bertz CT molecular complexity index is 338. The second kappa shape index (κ2) is 5.29. The van der Waals surface area contributed by atoms with E-state index in [1.807, 2.05) is 13.0 Å². The van der Waals surface area contributed by atoms with Gasteiger partial charge < -0.3 is 15.1 Å². The van der Waals surface area contributed by atoms with Crippen LogP contribution in [0.1, 0.15) is 6.92 Å². The van der Waals surface area contributed by atoms with E-state index in [2.05, 4.69) is 0 Å². The maximum atomic E-state index is 10.5. The minimum absolute atomic E-state index is 0.278. The summed E-state index contributed by atoms with van der Waals surface area (Å²) in [7, 11) is 0. The van der Waals surface area contributed by atoms with Crippen LogP contribution in [-0.2, 0) is 4.79 Å². The third-order valence-corrected chi connectivity index (χ3v) is 3.22. The van der Waals surface area contributed by atoms with Gasteiger partial charge in [0, 0.05) is 4.91 Å².